The highest BCUT2D eigenvalue weighted by Gasteiger charge is 2.22. The molecule has 0 radical (unpaired) electrons. The Hall–Kier alpha value is -2.50. The van der Waals surface area contributed by atoms with Crippen LogP contribution in [0.25, 0.3) is 32.7 Å². The smallest absolute Gasteiger partial charge is 0.0924 e. The van der Waals surface area contributed by atoms with Gasteiger partial charge in [0.2, 0.25) is 0 Å². The molecule has 4 nitrogen and oxygen atoms in total. The first-order valence-electron chi connectivity index (χ1n) is 10.4. The summed E-state index contributed by atoms with van der Waals surface area (Å²) in [6, 6.07) is 15.5. The number of aromatic nitrogens is 3. The number of hydrogen-bond donors (Lipinski definition) is 1. The van der Waals surface area contributed by atoms with Gasteiger partial charge in [-0.25, -0.2) is 4.98 Å². The van der Waals surface area contributed by atoms with Crippen LogP contribution in [0.5, 0.6) is 0 Å². The average molecular weight is 403 g/mol. The van der Waals surface area contributed by atoms with Gasteiger partial charge in [0, 0.05) is 17.1 Å². The molecule has 4 aromatic rings. The minimum absolute atomic E-state index is 0.498. The molecule has 0 atom stereocenters. The number of fused-ring (bicyclic) bond motifs is 1. The van der Waals surface area contributed by atoms with Gasteiger partial charge in [-0.05, 0) is 80.3 Å². The first kappa shape index (κ1) is 18.5. The lowest BCUT2D eigenvalue weighted by molar-refractivity contribution is 0.265. The highest BCUT2D eigenvalue weighted by atomic mass is 32.1. The number of rotatable bonds is 4. The second-order valence-electron chi connectivity index (χ2n) is 8.12. The second kappa shape index (κ2) is 7.73. The molecular formula is C24H26N4S. The minimum atomic E-state index is 0.498. The largest absolute Gasteiger partial charge is 0.330 e. The Balaban J connectivity index is 1.45. The monoisotopic (exact) mass is 402 g/mol. The van der Waals surface area contributed by atoms with Gasteiger partial charge < -0.3 is 5.73 Å². The fraction of sp³-hybridized carbons (Fsp3) is 0.333. The number of thiophene rings is 1. The van der Waals surface area contributed by atoms with E-state index in [0.717, 1.165) is 29.0 Å². The molecule has 148 valence electrons. The van der Waals surface area contributed by atoms with Gasteiger partial charge in [-0.15, -0.1) is 11.3 Å². The highest BCUT2D eigenvalue weighted by molar-refractivity contribution is 7.13. The molecule has 0 spiro atoms. The van der Waals surface area contributed by atoms with E-state index in [0.29, 0.717) is 12.0 Å². The molecule has 5 heteroatoms. The van der Waals surface area contributed by atoms with Crippen molar-refractivity contribution in [2.45, 2.75) is 38.6 Å². The summed E-state index contributed by atoms with van der Waals surface area (Å²) in [6.07, 6.45) is 6.90. The Morgan fingerprint density at radius 2 is 1.93 bits per heavy atom. The van der Waals surface area contributed by atoms with E-state index in [1.165, 1.54) is 41.5 Å². The van der Waals surface area contributed by atoms with Gasteiger partial charge in [0.05, 0.1) is 27.8 Å². The fourth-order valence-electron chi connectivity index (χ4n) is 4.45. The van der Waals surface area contributed by atoms with Crippen molar-refractivity contribution < 1.29 is 0 Å². The number of benzene rings is 1. The maximum Gasteiger partial charge on any atom is 0.0924 e. The third-order valence-corrected chi connectivity index (χ3v) is 7.11. The van der Waals surface area contributed by atoms with E-state index in [1.807, 2.05) is 0 Å². The van der Waals surface area contributed by atoms with E-state index >= 15 is 0 Å². The summed E-state index contributed by atoms with van der Waals surface area (Å²) in [5, 5.41) is 8.22. The Morgan fingerprint density at radius 3 is 2.69 bits per heavy atom. The molecule has 0 bridgehead atoms. The third-order valence-electron chi connectivity index (χ3n) is 6.22. The van der Waals surface area contributed by atoms with Crippen LogP contribution in [0.3, 0.4) is 0 Å². The summed E-state index contributed by atoms with van der Waals surface area (Å²) in [6.45, 7) is 2.97. The zero-order chi connectivity index (χ0) is 19.8. The molecular weight excluding hydrogens is 376 g/mol. The highest BCUT2D eigenvalue weighted by Crippen LogP contribution is 2.33. The van der Waals surface area contributed by atoms with Crippen LogP contribution >= 0.6 is 11.3 Å². The summed E-state index contributed by atoms with van der Waals surface area (Å²) in [7, 11) is 0. The van der Waals surface area contributed by atoms with Crippen molar-refractivity contribution in [2.24, 2.45) is 11.7 Å². The van der Waals surface area contributed by atoms with Crippen LogP contribution in [0.2, 0.25) is 0 Å². The van der Waals surface area contributed by atoms with Gasteiger partial charge in [0.15, 0.2) is 0 Å². The summed E-state index contributed by atoms with van der Waals surface area (Å²) >= 11 is 1.73. The van der Waals surface area contributed by atoms with Crippen LogP contribution in [0, 0.1) is 12.8 Å². The molecule has 1 aromatic carbocycles. The first-order chi connectivity index (χ1) is 14.2. The number of pyridine rings is 1. The third kappa shape index (κ3) is 3.61. The Morgan fingerprint density at radius 1 is 1.07 bits per heavy atom. The summed E-state index contributed by atoms with van der Waals surface area (Å²) in [5.74, 6) is 0.689. The molecule has 3 aromatic heterocycles. The quantitative estimate of drug-likeness (QED) is 0.467. The number of nitrogens with zero attached hydrogens (tertiary/aromatic N) is 3. The number of aryl methyl sites for hydroxylation is 1. The molecule has 1 saturated carbocycles. The summed E-state index contributed by atoms with van der Waals surface area (Å²) < 4.78 is 2.16. The Bertz CT molecular complexity index is 1120. The van der Waals surface area contributed by atoms with E-state index in [9.17, 15) is 0 Å². The predicted molar refractivity (Wildman–Crippen MR) is 121 cm³/mol. The van der Waals surface area contributed by atoms with Crippen LogP contribution in [-0.4, -0.2) is 21.3 Å². The molecule has 0 amide bonds. The first-order valence-corrected chi connectivity index (χ1v) is 11.3. The van der Waals surface area contributed by atoms with Gasteiger partial charge in [0.1, 0.15) is 0 Å². The summed E-state index contributed by atoms with van der Waals surface area (Å²) in [4.78, 5) is 6.15. The number of hydrogen-bond acceptors (Lipinski definition) is 4. The molecule has 5 rings (SSSR count). The standard InChI is InChI=1S/C24H26N4S/c1-16-13-23(24-3-2-12-29-24)26-22-14-18(6-9-20(16)22)21-10-11-28(27-21)19-7-4-17(15-25)5-8-19/h2-3,6,9-14,17,19H,4-5,7-8,15,25H2,1H3. The molecule has 29 heavy (non-hydrogen) atoms. The molecule has 2 N–H and O–H groups in total. The lowest BCUT2D eigenvalue weighted by Crippen LogP contribution is -2.23. The normalized spacial score (nSPS) is 19.7. The maximum absolute atomic E-state index is 5.84. The number of nitrogens with two attached hydrogens (primary N) is 1. The van der Waals surface area contributed by atoms with Crippen LogP contribution in [-0.2, 0) is 0 Å². The zero-order valence-electron chi connectivity index (χ0n) is 16.7. The lowest BCUT2D eigenvalue weighted by Gasteiger charge is -2.27. The van der Waals surface area contributed by atoms with Gasteiger partial charge in [-0.2, -0.15) is 5.10 Å². The second-order valence-corrected chi connectivity index (χ2v) is 9.07. The van der Waals surface area contributed by atoms with E-state index in [-0.39, 0.29) is 0 Å². The fourth-order valence-corrected chi connectivity index (χ4v) is 5.14. The zero-order valence-corrected chi connectivity index (χ0v) is 17.5. The molecule has 1 aliphatic carbocycles. The van der Waals surface area contributed by atoms with E-state index in [4.69, 9.17) is 15.8 Å². The van der Waals surface area contributed by atoms with Crippen molar-refractivity contribution in [2.75, 3.05) is 6.54 Å². The van der Waals surface area contributed by atoms with Gasteiger partial charge in [-0.3, -0.25) is 4.68 Å². The predicted octanol–water partition coefficient (Wildman–Crippen LogP) is 5.83. The van der Waals surface area contributed by atoms with Gasteiger partial charge >= 0.3 is 0 Å². The van der Waals surface area contributed by atoms with Gasteiger partial charge in [-0.1, -0.05) is 18.2 Å². The molecule has 1 fully saturated rings. The van der Waals surface area contributed by atoms with Gasteiger partial charge in [0.25, 0.3) is 0 Å². The van der Waals surface area contributed by atoms with Crippen LogP contribution in [0.1, 0.15) is 37.3 Å². The van der Waals surface area contributed by atoms with E-state index in [1.54, 1.807) is 11.3 Å². The average Bonchev–Trinajstić information content (AvgIpc) is 3.46. The van der Waals surface area contributed by atoms with Crippen LogP contribution in [0.4, 0.5) is 0 Å². The summed E-state index contributed by atoms with van der Waals surface area (Å²) in [5.41, 5.74) is 11.3. The van der Waals surface area contributed by atoms with Crippen LogP contribution < -0.4 is 5.73 Å². The molecule has 0 unspecified atom stereocenters. The van der Waals surface area contributed by atoms with Crippen molar-refractivity contribution >= 4 is 22.2 Å². The SMILES string of the molecule is Cc1cc(-c2cccs2)nc2cc(-c3ccn(C4CCC(CN)CC4)n3)ccc12. The minimum Gasteiger partial charge on any atom is -0.330 e. The van der Waals surface area contributed by atoms with E-state index in [2.05, 4.69) is 65.6 Å². The van der Waals surface area contributed by atoms with E-state index < -0.39 is 0 Å². The molecule has 0 saturated heterocycles. The van der Waals surface area contributed by atoms with Crippen molar-refractivity contribution in [1.82, 2.24) is 14.8 Å². The molecule has 3 heterocycles. The Labute approximate surface area is 175 Å². The lowest BCUT2D eigenvalue weighted by atomic mass is 9.86. The Kier molecular flexibility index (Phi) is 4.94. The topological polar surface area (TPSA) is 56.7 Å². The molecule has 0 aliphatic heterocycles. The van der Waals surface area contributed by atoms with Crippen molar-refractivity contribution in [1.29, 1.82) is 0 Å². The van der Waals surface area contributed by atoms with Crippen molar-refractivity contribution in [3.05, 3.63) is 59.6 Å². The maximum atomic E-state index is 5.84. The molecule has 1 aliphatic rings. The van der Waals surface area contributed by atoms with Crippen LogP contribution in [0.15, 0.2) is 54.0 Å². The van der Waals surface area contributed by atoms with Crippen molar-refractivity contribution in [3.8, 4) is 21.8 Å². The van der Waals surface area contributed by atoms with Crippen molar-refractivity contribution in [3.63, 3.8) is 0 Å².